The number of aromatic nitrogens is 2. The maximum atomic E-state index is 9.60. The van der Waals surface area contributed by atoms with Gasteiger partial charge in [0, 0.05) is 18.9 Å². The van der Waals surface area contributed by atoms with Crippen LogP contribution in [0.25, 0.3) is 10.9 Å². The number of nitrogens with zero attached hydrogens (tertiary/aromatic N) is 3. The van der Waals surface area contributed by atoms with Crippen LogP contribution in [0.5, 0.6) is 0 Å². The van der Waals surface area contributed by atoms with Gasteiger partial charge in [-0.3, -0.25) is 4.68 Å². The minimum Gasteiger partial charge on any atom is -0.268 e. The molecular formula is C16H19N3. The van der Waals surface area contributed by atoms with Crippen LogP contribution >= 0.6 is 0 Å². The number of hydrogen-bond acceptors (Lipinski definition) is 2. The van der Waals surface area contributed by atoms with Gasteiger partial charge in [0.05, 0.1) is 22.7 Å². The largest absolute Gasteiger partial charge is 0.268 e. The summed E-state index contributed by atoms with van der Waals surface area (Å²) in [4.78, 5) is 0. The van der Waals surface area contributed by atoms with Crippen LogP contribution in [0.3, 0.4) is 0 Å². The maximum Gasteiger partial charge on any atom is 0.0719 e. The lowest BCUT2D eigenvalue weighted by Crippen LogP contribution is -2.25. The van der Waals surface area contributed by atoms with Crippen molar-refractivity contribution in [2.24, 2.45) is 12.5 Å². The molecule has 0 amide bonds. The van der Waals surface area contributed by atoms with Gasteiger partial charge < -0.3 is 0 Å². The lowest BCUT2D eigenvalue weighted by Gasteiger charge is -2.29. The molecular weight excluding hydrogens is 234 g/mol. The third-order valence-electron chi connectivity index (χ3n) is 4.39. The smallest absolute Gasteiger partial charge is 0.0719 e. The maximum absolute atomic E-state index is 9.60. The van der Waals surface area contributed by atoms with Crippen molar-refractivity contribution in [3.05, 3.63) is 30.0 Å². The quantitative estimate of drug-likeness (QED) is 0.820. The summed E-state index contributed by atoms with van der Waals surface area (Å²) in [5.41, 5.74) is 2.05. The third-order valence-corrected chi connectivity index (χ3v) is 4.39. The van der Waals surface area contributed by atoms with Crippen molar-refractivity contribution in [3.63, 3.8) is 0 Å². The molecule has 0 aliphatic heterocycles. The second-order valence-electron chi connectivity index (χ2n) is 5.72. The second-order valence-corrected chi connectivity index (χ2v) is 5.72. The number of benzene rings is 1. The van der Waals surface area contributed by atoms with E-state index < -0.39 is 0 Å². The van der Waals surface area contributed by atoms with Gasteiger partial charge in [0.1, 0.15) is 0 Å². The fourth-order valence-electron chi connectivity index (χ4n) is 3.30. The summed E-state index contributed by atoms with van der Waals surface area (Å²) in [6.07, 6.45) is 6.47. The lowest BCUT2D eigenvalue weighted by atomic mass is 9.72. The fraction of sp³-hybridized carbons (Fsp3) is 0.500. The highest BCUT2D eigenvalue weighted by molar-refractivity contribution is 5.81. The van der Waals surface area contributed by atoms with Crippen LogP contribution in [0.2, 0.25) is 0 Å². The standard InChI is InChI=1S/C16H19N3/c1-19-15-8-4-3-7-13(15)14(18-19)11-16(12-17)9-5-2-6-10-16/h3-4,7-8H,2,5-6,9-11H2,1H3. The van der Waals surface area contributed by atoms with Crippen molar-refractivity contribution in [1.82, 2.24) is 9.78 Å². The zero-order valence-electron chi connectivity index (χ0n) is 11.4. The normalized spacial score (nSPS) is 18.3. The predicted octanol–water partition coefficient (Wildman–Crippen LogP) is 3.59. The molecule has 0 radical (unpaired) electrons. The molecule has 1 heterocycles. The van der Waals surface area contributed by atoms with Gasteiger partial charge in [-0.05, 0) is 18.9 Å². The Labute approximate surface area is 113 Å². The number of aryl methyl sites for hydroxylation is 1. The first-order valence-corrected chi connectivity index (χ1v) is 7.06. The molecule has 3 rings (SSSR count). The van der Waals surface area contributed by atoms with E-state index in [0.717, 1.165) is 30.5 Å². The molecule has 98 valence electrons. The number of fused-ring (bicyclic) bond motifs is 1. The van der Waals surface area contributed by atoms with Gasteiger partial charge in [-0.1, -0.05) is 37.5 Å². The first-order valence-electron chi connectivity index (χ1n) is 7.06. The molecule has 3 nitrogen and oxygen atoms in total. The SMILES string of the molecule is Cn1nc(CC2(C#N)CCCCC2)c2ccccc21. The first kappa shape index (κ1) is 12.2. The summed E-state index contributed by atoms with van der Waals surface area (Å²) in [5, 5.41) is 15.4. The first-order chi connectivity index (χ1) is 9.24. The molecule has 0 N–H and O–H groups in total. The lowest BCUT2D eigenvalue weighted by molar-refractivity contribution is 0.264. The Morgan fingerprint density at radius 3 is 2.74 bits per heavy atom. The predicted molar refractivity (Wildman–Crippen MR) is 75.5 cm³/mol. The van der Waals surface area contributed by atoms with Gasteiger partial charge in [-0.15, -0.1) is 0 Å². The van der Waals surface area contributed by atoms with Crippen LogP contribution in [-0.2, 0) is 13.5 Å². The van der Waals surface area contributed by atoms with Gasteiger partial charge in [0.15, 0.2) is 0 Å². The van der Waals surface area contributed by atoms with Crippen molar-refractivity contribution in [2.75, 3.05) is 0 Å². The van der Waals surface area contributed by atoms with Gasteiger partial charge in [0.2, 0.25) is 0 Å². The fourth-order valence-corrected chi connectivity index (χ4v) is 3.30. The molecule has 1 aliphatic rings. The molecule has 0 saturated heterocycles. The second kappa shape index (κ2) is 4.70. The molecule has 2 aromatic rings. The third kappa shape index (κ3) is 2.12. The summed E-state index contributed by atoms with van der Waals surface area (Å²) in [6.45, 7) is 0. The van der Waals surface area contributed by atoms with Gasteiger partial charge in [0.25, 0.3) is 0 Å². The van der Waals surface area contributed by atoms with Crippen molar-refractivity contribution in [1.29, 1.82) is 5.26 Å². The molecule has 0 unspecified atom stereocenters. The highest BCUT2D eigenvalue weighted by Gasteiger charge is 2.33. The van der Waals surface area contributed by atoms with Crippen LogP contribution in [0.15, 0.2) is 24.3 Å². The molecule has 1 aromatic heterocycles. The minimum atomic E-state index is -0.185. The van der Waals surface area contributed by atoms with Crippen molar-refractivity contribution < 1.29 is 0 Å². The van der Waals surface area contributed by atoms with Crippen LogP contribution in [0, 0.1) is 16.7 Å². The molecule has 0 spiro atoms. The van der Waals surface area contributed by atoms with Crippen molar-refractivity contribution >= 4 is 10.9 Å². The zero-order valence-corrected chi connectivity index (χ0v) is 11.4. The van der Waals surface area contributed by atoms with E-state index in [4.69, 9.17) is 0 Å². The number of hydrogen-bond donors (Lipinski definition) is 0. The van der Waals surface area contributed by atoms with Crippen LogP contribution < -0.4 is 0 Å². The van der Waals surface area contributed by atoms with E-state index in [1.54, 1.807) is 0 Å². The molecule has 1 fully saturated rings. The van der Waals surface area contributed by atoms with E-state index in [0.29, 0.717) is 0 Å². The summed E-state index contributed by atoms with van der Waals surface area (Å²) >= 11 is 0. The molecule has 1 aromatic carbocycles. The van der Waals surface area contributed by atoms with Gasteiger partial charge in [-0.25, -0.2) is 0 Å². The Bertz CT molecular complexity index is 627. The van der Waals surface area contributed by atoms with Crippen molar-refractivity contribution in [2.45, 2.75) is 38.5 Å². The van der Waals surface area contributed by atoms with Gasteiger partial charge in [-0.2, -0.15) is 10.4 Å². The Morgan fingerprint density at radius 1 is 1.26 bits per heavy atom. The van der Waals surface area contributed by atoms with Crippen LogP contribution in [0.4, 0.5) is 0 Å². The summed E-state index contributed by atoms with van der Waals surface area (Å²) < 4.78 is 1.93. The van der Waals surface area contributed by atoms with E-state index >= 15 is 0 Å². The van der Waals surface area contributed by atoms with E-state index in [9.17, 15) is 5.26 Å². The van der Waals surface area contributed by atoms with Crippen LogP contribution in [-0.4, -0.2) is 9.78 Å². The zero-order chi connectivity index (χ0) is 13.3. The number of rotatable bonds is 2. The Hall–Kier alpha value is -1.82. The molecule has 1 aliphatic carbocycles. The Morgan fingerprint density at radius 2 is 2.00 bits per heavy atom. The summed E-state index contributed by atoms with van der Waals surface area (Å²) in [7, 11) is 1.98. The number of para-hydroxylation sites is 1. The van der Waals surface area contributed by atoms with Gasteiger partial charge >= 0.3 is 0 Å². The average Bonchev–Trinajstić information content (AvgIpc) is 2.77. The van der Waals surface area contributed by atoms with Crippen LogP contribution in [0.1, 0.15) is 37.8 Å². The molecule has 19 heavy (non-hydrogen) atoms. The molecule has 0 bridgehead atoms. The Kier molecular flexibility index (Phi) is 3.02. The summed E-state index contributed by atoms with van der Waals surface area (Å²) in [6, 6.07) is 10.9. The van der Waals surface area contributed by atoms with Crippen molar-refractivity contribution in [3.8, 4) is 6.07 Å². The highest BCUT2D eigenvalue weighted by Crippen LogP contribution is 2.39. The Balaban J connectivity index is 1.99. The highest BCUT2D eigenvalue weighted by atomic mass is 15.3. The topological polar surface area (TPSA) is 41.6 Å². The molecule has 0 atom stereocenters. The monoisotopic (exact) mass is 253 g/mol. The van der Waals surface area contributed by atoms with E-state index in [1.165, 1.54) is 24.6 Å². The summed E-state index contributed by atoms with van der Waals surface area (Å²) in [5.74, 6) is 0. The van der Waals surface area contributed by atoms with E-state index in [-0.39, 0.29) is 5.41 Å². The average molecular weight is 253 g/mol. The molecule has 3 heteroatoms. The molecule has 1 saturated carbocycles. The number of nitriles is 1. The van der Waals surface area contributed by atoms with E-state index in [1.807, 2.05) is 23.9 Å². The van der Waals surface area contributed by atoms with E-state index in [2.05, 4.69) is 23.3 Å². The minimum absolute atomic E-state index is 0.185.